The highest BCUT2D eigenvalue weighted by Gasteiger charge is 2.09. The molecule has 3 N–H and O–H groups in total. The molecule has 0 saturated heterocycles. The fraction of sp³-hybridized carbons (Fsp3) is 0.200. The van der Waals surface area contributed by atoms with Crippen LogP contribution in [0, 0.1) is 0 Å². The molecule has 13 heavy (non-hydrogen) atoms. The zero-order chi connectivity index (χ0) is 9.19. The molecule has 1 aromatic heterocycles. The molecule has 0 amide bonds. The Morgan fingerprint density at radius 1 is 1.38 bits per heavy atom. The van der Waals surface area contributed by atoms with E-state index in [0.717, 1.165) is 6.26 Å². The van der Waals surface area contributed by atoms with Crippen LogP contribution in [0.15, 0.2) is 17.6 Å². The molecule has 0 bridgehead atoms. The quantitative estimate of drug-likeness (QED) is 0.403. The molecule has 1 aromatic rings. The number of nitrogens with zero attached hydrogens (tertiary/aromatic N) is 2. The Balaban J connectivity index is 0.00000144. The lowest BCUT2D eigenvalue weighted by molar-refractivity contribution is 0.593. The minimum Gasteiger partial charge on any atom is -0.321 e. The number of hydrazine groups is 1. The van der Waals surface area contributed by atoms with Crippen molar-refractivity contribution in [2.45, 2.75) is 5.16 Å². The fourth-order valence-corrected chi connectivity index (χ4v) is 1.07. The molecule has 0 aliphatic carbocycles. The molecule has 0 unspecified atom stereocenters. The summed E-state index contributed by atoms with van der Waals surface area (Å²) in [4.78, 5) is 7.16. The van der Waals surface area contributed by atoms with Crippen LogP contribution in [0.5, 0.6) is 0 Å². The Kier molecular flexibility index (Phi) is 4.05. The molecule has 6 nitrogen and oxygen atoms in total. The molecule has 0 spiro atoms. The summed E-state index contributed by atoms with van der Waals surface area (Å²) in [5.41, 5.74) is 2.75. The van der Waals surface area contributed by atoms with E-state index in [2.05, 4.69) is 15.4 Å². The van der Waals surface area contributed by atoms with Gasteiger partial charge in [0.2, 0.25) is 15.0 Å². The normalized spacial score (nSPS) is 10.3. The standard InChI is InChI=1S/C5H8N4O2S.ClH/c1-12(10,11)5-7-2-4(9-6)3-8-5;/h2-3,9H,6H2,1H3;1H. The molecule has 0 radical (unpaired) electrons. The first-order chi connectivity index (χ1) is 5.54. The molecule has 1 heterocycles. The second-order valence-electron chi connectivity index (χ2n) is 2.17. The number of aromatic nitrogens is 2. The Bertz CT molecular complexity index is 363. The van der Waals surface area contributed by atoms with E-state index in [0.29, 0.717) is 5.69 Å². The van der Waals surface area contributed by atoms with Gasteiger partial charge in [-0.1, -0.05) is 0 Å². The average Bonchev–Trinajstić information content (AvgIpc) is 2.03. The molecular formula is C5H9ClN4O2S. The third kappa shape index (κ3) is 3.13. The monoisotopic (exact) mass is 224 g/mol. The first kappa shape index (κ1) is 12.1. The molecule has 8 heteroatoms. The van der Waals surface area contributed by atoms with Gasteiger partial charge < -0.3 is 5.43 Å². The van der Waals surface area contributed by atoms with E-state index in [1.165, 1.54) is 12.4 Å². The lowest BCUT2D eigenvalue weighted by Gasteiger charge is -1.98. The van der Waals surface area contributed by atoms with E-state index >= 15 is 0 Å². The second kappa shape index (κ2) is 4.35. The van der Waals surface area contributed by atoms with Crippen molar-refractivity contribution in [3.63, 3.8) is 0 Å². The summed E-state index contributed by atoms with van der Waals surface area (Å²) in [7, 11) is -3.32. The van der Waals surface area contributed by atoms with E-state index in [1.54, 1.807) is 0 Å². The SMILES string of the molecule is CS(=O)(=O)c1ncc(NN)cn1.Cl. The van der Waals surface area contributed by atoms with Gasteiger partial charge in [-0.3, -0.25) is 5.84 Å². The number of anilines is 1. The first-order valence-corrected chi connectivity index (χ1v) is 4.92. The lowest BCUT2D eigenvalue weighted by Crippen LogP contribution is -2.09. The van der Waals surface area contributed by atoms with E-state index in [4.69, 9.17) is 5.84 Å². The van der Waals surface area contributed by atoms with Gasteiger partial charge in [0.1, 0.15) is 0 Å². The molecule has 0 aromatic carbocycles. The van der Waals surface area contributed by atoms with Gasteiger partial charge in [0, 0.05) is 6.26 Å². The zero-order valence-corrected chi connectivity index (χ0v) is 8.39. The number of nitrogens with one attached hydrogen (secondary N) is 1. The smallest absolute Gasteiger partial charge is 0.246 e. The molecular weight excluding hydrogens is 216 g/mol. The predicted molar refractivity (Wildman–Crippen MR) is 50.2 cm³/mol. The summed E-state index contributed by atoms with van der Waals surface area (Å²) in [6.07, 6.45) is 3.63. The van der Waals surface area contributed by atoms with E-state index in [9.17, 15) is 8.42 Å². The van der Waals surface area contributed by atoms with Crippen molar-refractivity contribution in [3.05, 3.63) is 12.4 Å². The minimum atomic E-state index is -3.32. The molecule has 0 aliphatic rings. The van der Waals surface area contributed by atoms with Gasteiger partial charge >= 0.3 is 0 Å². The van der Waals surface area contributed by atoms with E-state index in [-0.39, 0.29) is 17.6 Å². The van der Waals surface area contributed by atoms with Gasteiger partial charge in [-0.2, -0.15) is 0 Å². The van der Waals surface area contributed by atoms with Crippen molar-refractivity contribution < 1.29 is 8.42 Å². The Hall–Kier alpha value is -0.920. The van der Waals surface area contributed by atoms with Crippen LogP contribution in [0.3, 0.4) is 0 Å². The van der Waals surface area contributed by atoms with E-state index in [1.807, 2.05) is 0 Å². The summed E-state index contributed by atoms with van der Waals surface area (Å²) in [5, 5.41) is -0.207. The number of hydrogen-bond donors (Lipinski definition) is 2. The number of hydrogen-bond acceptors (Lipinski definition) is 6. The number of halogens is 1. The number of rotatable bonds is 2. The van der Waals surface area contributed by atoms with Crippen LogP contribution >= 0.6 is 12.4 Å². The maximum absolute atomic E-state index is 10.9. The maximum Gasteiger partial charge on any atom is 0.246 e. The molecule has 0 fully saturated rings. The summed E-state index contributed by atoms with van der Waals surface area (Å²) in [5.74, 6) is 5.03. The van der Waals surface area contributed by atoms with Gasteiger partial charge in [-0.15, -0.1) is 12.4 Å². The summed E-state index contributed by atoms with van der Waals surface area (Å²) in [6.45, 7) is 0. The summed E-state index contributed by atoms with van der Waals surface area (Å²) >= 11 is 0. The van der Waals surface area contributed by atoms with Crippen molar-refractivity contribution in [1.82, 2.24) is 9.97 Å². The maximum atomic E-state index is 10.9. The van der Waals surface area contributed by atoms with Gasteiger partial charge in [0.25, 0.3) is 0 Å². The second-order valence-corrected chi connectivity index (χ2v) is 4.08. The largest absolute Gasteiger partial charge is 0.321 e. The zero-order valence-electron chi connectivity index (χ0n) is 6.76. The van der Waals surface area contributed by atoms with Crippen LogP contribution in [0.25, 0.3) is 0 Å². The fourth-order valence-electron chi connectivity index (χ4n) is 0.582. The molecule has 0 saturated carbocycles. The van der Waals surface area contributed by atoms with Crippen LogP contribution in [0.4, 0.5) is 5.69 Å². The highest BCUT2D eigenvalue weighted by molar-refractivity contribution is 7.90. The van der Waals surface area contributed by atoms with Crippen LogP contribution in [-0.4, -0.2) is 24.6 Å². The van der Waals surface area contributed by atoms with Gasteiger partial charge in [-0.25, -0.2) is 18.4 Å². The van der Waals surface area contributed by atoms with Crippen molar-refractivity contribution in [2.24, 2.45) is 5.84 Å². The Morgan fingerprint density at radius 3 is 2.15 bits per heavy atom. The van der Waals surface area contributed by atoms with Crippen molar-refractivity contribution in [1.29, 1.82) is 0 Å². The van der Waals surface area contributed by atoms with Crippen molar-refractivity contribution >= 4 is 27.9 Å². The topological polar surface area (TPSA) is 98.0 Å². The third-order valence-corrected chi connectivity index (χ3v) is 2.00. The molecule has 0 aliphatic heterocycles. The van der Waals surface area contributed by atoms with Crippen LogP contribution in [0.1, 0.15) is 0 Å². The van der Waals surface area contributed by atoms with Gasteiger partial charge in [0.05, 0.1) is 18.1 Å². The van der Waals surface area contributed by atoms with Crippen molar-refractivity contribution in [2.75, 3.05) is 11.7 Å². The summed E-state index contributed by atoms with van der Waals surface area (Å²) in [6, 6.07) is 0. The predicted octanol–water partition coefficient (Wildman–Crippen LogP) is -0.412. The van der Waals surface area contributed by atoms with Crippen LogP contribution in [-0.2, 0) is 9.84 Å². The highest BCUT2D eigenvalue weighted by Crippen LogP contribution is 2.03. The van der Waals surface area contributed by atoms with Crippen molar-refractivity contribution in [3.8, 4) is 0 Å². The van der Waals surface area contributed by atoms with Gasteiger partial charge in [-0.05, 0) is 0 Å². The van der Waals surface area contributed by atoms with E-state index < -0.39 is 9.84 Å². The van der Waals surface area contributed by atoms with Crippen LogP contribution in [0.2, 0.25) is 0 Å². The number of nitrogens with two attached hydrogens (primary N) is 1. The first-order valence-electron chi connectivity index (χ1n) is 3.03. The average molecular weight is 225 g/mol. The highest BCUT2D eigenvalue weighted by atomic mass is 35.5. The molecule has 0 atom stereocenters. The third-order valence-electron chi connectivity index (χ3n) is 1.13. The number of nitrogen functional groups attached to an aromatic ring is 1. The Labute approximate surface area is 81.9 Å². The Morgan fingerprint density at radius 2 is 1.85 bits per heavy atom. The van der Waals surface area contributed by atoms with Crippen LogP contribution < -0.4 is 11.3 Å². The molecule has 1 rings (SSSR count). The van der Waals surface area contributed by atoms with Gasteiger partial charge in [0.15, 0.2) is 0 Å². The number of sulfone groups is 1. The minimum absolute atomic E-state index is 0. The lowest BCUT2D eigenvalue weighted by atomic mass is 10.6. The molecule has 74 valence electrons. The summed E-state index contributed by atoms with van der Waals surface area (Å²) < 4.78 is 21.7.